The first kappa shape index (κ1) is 6.09. The fourth-order valence-corrected chi connectivity index (χ4v) is 1.62. The van der Waals surface area contributed by atoms with Crippen LogP contribution in [0.2, 0.25) is 0 Å². The van der Waals surface area contributed by atoms with Gasteiger partial charge < -0.3 is 10.2 Å². The van der Waals surface area contributed by atoms with Gasteiger partial charge in [-0.25, -0.2) is 0 Å². The van der Waals surface area contributed by atoms with E-state index in [1.165, 1.54) is 0 Å². The minimum Gasteiger partial charge on any atom is -0.460 e. The number of furan rings is 1. The van der Waals surface area contributed by atoms with Crippen LogP contribution >= 0.6 is 22.9 Å². The summed E-state index contributed by atoms with van der Waals surface area (Å²) in [6, 6.07) is 1.89. The number of aromatic nitrogens is 1. The first-order valence-electron chi connectivity index (χ1n) is 2.79. The first-order valence-corrected chi connectivity index (χ1v) is 3.75. The van der Waals surface area contributed by atoms with Crippen LogP contribution in [0, 0.1) is 0 Å². The Bertz CT molecular complexity index is 331. The first-order chi connectivity index (χ1) is 4.79. The summed E-state index contributed by atoms with van der Waals surface area (Å²) >= 11 is 2.15. The smallest absolute Gasteiger partial charge is 0.175 e. The van der Waals surface area contributed by atoms with Gasteiger partial charge in [0.15, 0.2) is 5.58 Å². The van der Waals surface area contributed by atoms with Crippen molar-refractivity contribution in [1.82, 2.24) is 2.78 Å². The summed E-state index contributed by atoms with van der Waals surface area (Å²) in [6.07, 6.45) is 3.46. The van der Waals surface area contributed by atoms with Gasteiger partial charge in [-0.3, -0.25) is 2.78 Å². The van der Waals surface area contributed by atoms with Gasteiger partial charge in [0.2, 0.25) is 0 Å². The number of nitrogens with two attached hydrogens (primary N) is 1. The number of hydrogen-bond acceptors (Lipinski definition) is 2. The van der Waals surface area contributed by atoms with E-state index in [2.05, 4.69) is 22.9 Å². The zero-order valence-electron chi connectivity index (χ0n) is 5.04. The van der Waals surface area contributed by atoms with Gasteiger partial charge in [0.05, 0.1) is 40.3 Å². The van der Waals surface area contributed by atoms with E-state index < -0.39 is 0 Å². The summed E-state index contributed by atoms with van der Waals surface area (Å²) in [5.41, 5.74) is 8.09. The average Bonchev–Trinajstić information content (AvgIpc) is 2.39. The molecule has 2 heterocycles. The van der Waals surface area contributed by atoms with Gasteiger partial charge in [-0.2, -0.15) is 0 Å². The molecule has 2 aromatic heterocycles. The average molecular weight is 248 g/mol. The van der Waals surface area contributed by atoms with Crippen LogP contribution in [0.3, 0.4) is 0 Å². The highest BCUT2D eigenvalue weighted by atomic mass is 127. The maximum atomic E-state index is 5.60. The molecule has 4 heteroatoms. The van der Waals surface area contributed by atoms with E-state index in [0.29, 0.717) is 5.69 Å². The molecule has 0 amide bonds. The topological polar surface area (TPSA) is 44.1 Å². The molecule has 0 fully saturated rings. The molecule has 3 nitrogen and oxygen atoms in total. The molecule has 0 radical (unpaired) electrons. The number of nitrogens with zero attached hydrogens (tertiary/aromatic N) is 1. The largest absolute Gasteiger partial charge is 0.460 e. The highest BCUT2D eigenvalue weighted by molar-refractivity contribution is 14.1. The van der Waals surface area contributed by atoms with Crippen molar-refractivity contribution in [3.8, 4) is 0 Å². The Balaban J connectivity index is 2.98. The lowest BCUT2D eigenvalue weighted by Crippen LogP contribution is -1.78. The van der Waals surface area contributed by atoms with Crippen LogP contribution in [0.5, 0.6) is 0 Å². The highest BCUT2D eigenvalue weighted by Crippen LogP contribution is 2.25. The molecule has 10 heavy (non-hydrogen) atoms. The summed E-state index contributed by atoms with van der Waals surface area (Å²) in [5, 5.41) is 0. The normalized spacial score (nSPS) is 10.9. The number of fused-ring (bicyclic) bond motifs is 1. The molecule has 0 unspecified atom stereocenters. The van der Waals surface area contributed by atoms with Crippen molar-refractivity contribution in [1.29, 1.82) is 0 Å². The molecule has 0 aromatic carbocycles. The van der Waals surface area contributed by atoms with Gasteiger partial charge in [-0.05, 0) is 0 Å². The zero-order valence-corrected chi connectivity index (χ0v) is 7.20. The second-order valence-electron chi connectivity index (χ2n) is 2.03. The minimum absolute atomic E-state index is 0.689. The van der Waals surface area contributed by atoms with E-state index in [1.807, 2.05) is 15.0 Å². The molecule has 0 bridgehead atoms. The summed E-state index contributed by atoms with van der Waals surface area (Å²) < 4.78 is 7.03. The van der Waals surface area contributed by atoms with E-state index in [1.54, 1.807) is 6.26 Å². The molecule has 0 aliphatic rings. The Morgan fingerprint density at radius 2 is 2.40 bits per heavy atom. The van der Waals surface area contributed by atoms with Crippen molar-refractivity contribution >= 4 is 39.7 Å². The molecular formula is C6H5IN2O. The lowest BCUT2D eigenvalue weighted by atomic mass is 10.5. The predicted molar refractivity (Wildman–Crippen MR) is 48.0 cm³/mol. The van der Waals surface area contributed by atoms with Crippen LogP contribution < -0.4 is 5.73 Å². The molecule has 52 valence electrons. The Morgan fingerprint density at radius 1 is 1.60 bits per heavy atom. The van der Waals surface area contributed by atoms with Crippen LogP contribution in [0.15, 0.2) is 22.9 Å². The van der Waals surface area contributed by atoms with Crippen LogP contribution in [-0.2, 0) is 0 Å². The molecule has 2 rings (SSSR count). The van der Waals surface area contributed by atoms with Gasteiger partial charge in [0.25, 0.3) is 0 Å². The number of hydrogen-bond donors (Lipinski definition) is 1. The van der Waals surface area contributed by atoms with Crippen LogP contribution in [0.1, 0.15) is 0 Å². The standard InChI is InChI=1S/C6H5IN2O/c7-9-3-4(8)6-5(9)1-2-10-6/h1-3H,8H2. The molecule has 0 aliphatic carbocycles. The van der Waals surface area contributed by atoms with Crippen molar-refractivity contribution in [2.75, 3.05) is 5.73 Å². The van der Waals surface area contributed by atoms with Gasteiger partial charge in [-0.15, -0.1) is 0 Å². The predicted octanol–water partition coefficient (Wildman–Crippen LogP) is 2.01. The Hall–Kier alpha value is -0.650. The van der Waals surface area contributed by atoms with Crippen molar-refractivity contribution in [2.45, 2.75) is 0 Å². The summed E-state index contributed by atoms with van der Waals surface area (Å²) in [4.78, 5) is 0. The Morgan fingerprint density at radius 3 is 3.10 bits per heavy atom. The quantitative estimate of drug-likeness (QED) is 0.724. The van der Waals surface area contributed by atoms with Gasteiger partial charge in [0.1, 0.15) is 0 Å². The molecule has 0 aliphatic heterocycles. The zero-order chi connectivity index (χ0) is 7.14. The second-order valence-corrected chi connectivity index (χ2v) is 3.07. The molecule has 0 saturated carbocycles. The maximum absolute atomic E-state index is 5.60. The highest BCUT2D eigenvalue weighted by Gasteiger charge is 2.05. The van der Waals surface area contributed by atoms with Crippen LogP contribution in [0.25, 0.3) is 11.1 Å². The van der Waals surface area contributed by atoms with Crippen molar-refractivity contribution in [3.63, 3.8) is 0 Å². The van der Waals surface area contributed by atoms with E-state index in [9.17, 15) is 0 Å². The fourth-order valence-electron chi connectivity index (χ4n) is 0.937. The van der Waals surface area contributed by atoms with Crippen LogP contribution in [0.4, 0.5) is 5.69 Å². The minimum atomic E-state index is 0.689. The third kappa shape index (κ3) is 0.650. The SMILES string of the molecule is Nc1cn(I)c2ccoc12. The number of rotatable bonds is 0. The van der Waals surface area contributed by atoms with E-state index in [-0.39, 0.29) is 0 Å². The summed E-state index contributed by atoms with van der Waals surface area (Å²) in [5.74, 6) is 0. The lowest BCUT2D eigenvalue weighted by molar-refractivity contribution is 0.617. The maximum Gasteiger partial charge on any atom is 0.175 e. The number of halogens is 1. The van der Waals surface area contributed by atoms with Gasteiger partial charge in [0, 0.05) is 12.3 Å². The van der Waals surface area contributed by atoms with Gasteiger partial charge in [-0.1, -0.05) is 0 Å². The van der Waals surface area contributed by atoms with E-state index >= 15 is 0 Å². The van der Waals surface area contributed by atoms with E-state index in [4.69, 9.17) is 10.2 Å². The fraction of sp³-hybridized carbons (Fsp3) is 0. The van der Waals surface area contributed by atoms with Crippen molar-refractivity contribution in [3.05, 3.63) is 18.5 Å². The van der Waals surface area contributed by atoms with Gasteiger partial charge >= 0.3 is 0 Å². The molecule has 0 spiro atoms. The molecule has 0 atom stereocenters. The number of anilines is 1. The molecular weight excluding hydrogens is 243 g/mol. The molecule has 0 saturated heterocycles. The van der Waals surface area contributed by atoms with Crippen LogP contribution in [-0.4, -0.2) is 2.78 Å². The Labute approximate surface area is 71.3 Å². The molecule has 2 N–H and O–H groups in total. The monoisotopic (exact) mass is 248 g/mol. The van der Waals surface area contributed by atoms with Crippen molar-refractivity contribution < 1.29 is 4.42 Å². The summed E-state index contributed by atoms with van der Waals surface area (Å²) in [6.45, 7) is 0. The second kappa shape index (κ2) is 1.91. The van der Waals surface area contributed by atoms with E-state index in [0.717, 1.165) is 11.1 Å². The summed E-state index contributed by atoms with van der Waals surface area (Å²) in [7, 11) is 0. The Kier molecular flexibility index (Phi) is 1.17. The van der Waals surface area contributed by atoms with Crippen molar-refractivity contribution in [2.24, 2.45) is 0 Å². The third-order valence-corrected chi connectivity index (χ3v) is 2.19. The molecule has 2 aromatic rings. The number of nitrogen functional groups attached to an aromatic ring is 1. The lowest BCUT2D eigenvalue weighted by Gasteiger charge is -1.81. The third-order valence-electron chi connectivity index (χ3n) is 1.39.